The molecule has 0 aliphatic rings. The van der Waals surface area contributed by atoms with Crippen LogP contribution >= 0.6 is 0 Å². The molecule has 1 unspecified atom stereocenters. The number of hydrogen-bond donors (Lipinski definition) is 1. The highest BCUT2D eigenvalue weighted by Gasteiger charge is 1.98. The lowest BCUT2D eigenvalue weighted by molar-refractivity contribution is 0.811. The molecule has 0 bridgehead atoms. The summed E-state index contributed by atoms with van der Waals surface area (Å²) in [6, 6.07) is 8.67. The van der Waals surface area contributed by atoms with Gasteiger partial charge in [0.25, 0.3) is 0 Å². The van der Waals surface area contributed by atoms with Crippen molar-refractivity contribution in [3.05, 3.63) is 48.0 Å². The van der Waals surface area contributed by atoms with Crippen molar-refractivity contribution >= 4 is 0 Å². The minimum atomic E-state index is 0.0764. The maximum absolute atomic E-state index is 5.76. The van der Waals surface area contributed by atoms with Gasteiger partial charge in [-0.2, -0.15) is 0 Å². The summed E-state index contributed by atoms with van der Waals surface area (Å²) >= 11 is 0. The summed E-state index contributed by atoms with van der Waals surface area (Å²) in [6.07, 6.45) is 3.76. The number of rotatable bonds is 4. The average molecular weight is 175 g/mol. The van der Waals surface area contributed by atoms with Crippen LogP contribution in [0.4, 0.5) is 0 Å². The second-order valence-electron chi connectivity index (χ2n) is 3.27. The molecule has 1 heteroatoms. The van der Waals surface area contributed by atoms with Gasteiger partial charge in [-0.1, -0.05) is 37.3 Å². The molecule has 0 fully saturated rings. The number of aryl methyl sites for hydroxylation is 1. The maximum Gasteiger partial charge on any atom is 0.0262 e. The Balaban J connectivity index is 2.63. The lowest BCUT2D eigenvalue weighted by Gasteiger charge is -2.06. The molecule has 0 aromatic heterocycles. The number of nitrogens with two attached hydrogens (primary N) is 1. The molecule has 2 N–H and O–H groups in total. The third kappa shape index (κ3) is 3.03. The fourth-order valence-corrected chi connectivity index (χ4v) is 1.27. The van der Waals surface area contributed by atoms with Crippen LogP contribution in [0.5, 0.6) is 0 Å². The van der Waals surface area contributed by atoms with Crippen molar-refractivity contribution in [2.24, 2.45) is 5.73 Å². The Kier molecular flexibility index (Phi) is 3.71. The molecule has 0 heterocycles. The van der Waals surface area contributed by atoms with Gasteiger partial charge in [-0.05, 0) is 24.0 Å². The predicted octanol–water partition coefficient (Wildman–Crippen LogP) is 2.30. The summed E-state index contributed by atoms with van der Waals surface area (Å²) in [5.41, 5.74) is 8.41. The molecule has 0 spiro atoms. The molecular weight excluding hydrogens is 158 g/mol. The van der Waals surface area contributed by atoms with E-state index in [0.29, 0.717) is 0 Å². The zero-order chi connectivity index (χ0) is 9.68. The lowest BCUT2D eigenvalue weighted by atomic mass is 10.0. The van der Waals surface area contributed by atoms with Crippen LogP contribution in [0.25, 0.3) is 0 Å². The van der Waals surface area contributed by atoms with Gasteiger partial charge in [-0.3, -0.25) is 0 Å². The summed E-state index contributed by atoms with van der Waals surface area (Å²) in [5, 5.41) is 0. The van der Waals surface area contributed by atoms with Crippen LogP contribution < -0.4 is 5.73 Å². The standard InChI is InChI=1S/C12H17N/c1-3-10-5-7-11(8-6-10)9-12(13)4-2/h4-8,12H,2-3,9,13H2,1H3. The molecule has 0 aliphatic carbocycles. The molecule has 0 amide bonds. The molecule has 0 radical (unpaired) electrons. The third-order valence-corrected chi connectivity index (χ3v) is 2.21. The first-order chi connectivity index (χ1) is 6.26. The van der Waals surface area contributed by atoms with E-state index in [1.165, 1.54) is 11.1 Å². The highest BCUT2D eigenvalue weighted by atomic mass is 14.6. The van der Waals surface area contributed by atoms with Crippen molar-refractivity contribution in [1.29, 1.82) is 0 Å². The van der Waals surface area contributed by atoms with E-state index in [-0.39, 0.29) is 6.04 Å². The highest BCUT2D eigenvalue weighted by Crippen LogP contribution is 2.06. The fraction of sp³-hybridized carbons (Fsp3) is 0.333. The Hall–Kier alpha value is -1.08. The van der Waals surface area contributed by atoms with Crippen molar-refractivity contribution in [3.63, 3.8) is 0 Å². The van der Waals surface area contributed by atoms with Crippen molar-refractivity contribution in [3.8, 4) is 0 Å². The van der Waals surface area contributed by atoms with Crippen LogP contribution in [0.2, 0.25) is 0 Å². The van der Waals surface area contributed by atoms with Crippen molar-refractivity contribution in [2.75, 3.05) is 0 Å². The molecule has 1 rings (SSSR count). The predicted molar refractivity (Wildman–Crippen MR) is 57.7 cm³/mol. The molecule has 13 heavy (non-hydrogen) atoms. The van der Waals surface area contributed by atoms with E-state index in [2.05, 4.69) is 37.8 Å². The summed E-state index contributed by atoms with van der Waals surface area (Å²) < 4.78 is 0. The van der Waals surface area contributed by atoms with Gasteiger partial charge in [0, 0.05) is 6.04 Å². The topological polar surface area (TPSA) is 26.0 Å². The summed E-state index contributed by atoms with van der Waals surface area (Å²) in [5.74, 6) is 0. The third-order valence-electron chi connectivity index (χ3n) is 2.21. The van der Waals surface area contributed by atoms with Gasteiger partial charge >= 0.3 is 0 Å². The number of benzene rings is 1. The molecule has 1 atom stereocenters. The highest BCUT2D eigenvalue weighted by molar-refractivity contribution is 5.23. The molecule has 1 nitrogen and oxygen atoms in total. The minimum absolute atomic E-state index is 0.0764. The van der Waals surface area contributed by atoms with Gasteiger partial charge in [-0.25, -0.2) is 0 Å². The SMILES string of the molecule is C=CC(N)Cc1ccc(CC)cc1. The molecule has 1 aromatic rings. The van der Waals surface area contributed by atoms with E-state index in [0.717, 1.165) is 12.8 Å². The fourth-order valence-electron chi connectivity index (χ4n) is 1.27. The van der Waals surface area contributed by atoms with E-state index in [1.807, 2.05) is 0 Å². The summed E-state index contributed by atoms with van der Waals surface area (Å²) in [4.78, 5) is 0. The number of hydrogen-bond acceptors (Lipinski definition) is 1. The van der Waals surface area contributed by atoms with E-state index < -0.39 is 0 Å². The zero-order valence-corrected chi connectivity index (χ0v) is 8.16. The Morgan fingerprint density at radius 3 is 2.31 bits per heavy atom. The van der Waals surface area contributed by atoms with Crippen molar-refractivity contribution in [1.82, 2.24) is 0 Å². The first-order valence-electron chi connectivity index (χ1n) is 4.72. The molecule has 0 aliphatic heterocycles. The van der Waals surface area contributed by atoms with E-state index >= 15 is 0 Å². The summed E-state index contributed by atoms with van der Waals surface area (Å²) in [7, 11) is 0. The molecule has 70 valence electrons. The van der Waals surface area contributed by atoms with E-state index in [4.69, 9.17) is 5.73 Å². The lowest BCUT2D eigenvalue weighted by Crippen LogP contribution is -2.19. The smallest absolute Gasteiger partial charge is 0.0262 e. The van der Waals surface area contributed by atoms with Crippen molar-refractivity contribution in [2.45, 2.75) is 25.8 Å². The van der Waals surface area contributed by atoms with Gasteiger partial charge in [0.2, 0.25) is 0 Å². The van der Waals surface area contributed by atoms with Gasteiger partial charge < -0.3 is 5.73 Å². The van der Waals surface area contributed by atoms with Gasteiger partial charge in [0.05, 0.1) is 0 Å². The zero-order valence-electron chi connectivity index (χ0n) is 8.16. The maximum atomic E-state index is 5.76. The van der Waals surface area contributed by atoms with Crippen LogP contribution in [-0.2, 0) is 12.8 Å². The van der Waals surface area contributed by atoms with Crippen LogP contribution in [0.3, 0.4) is 0 Å². The van der Waals surface area contributed by atoms with Gasteiger partial charge in [-0.15, -0.1) is 6.58 Å². The van der Waals surface area contributed by atoms with Gasteiger partial charge in [0.1, 0.15) is 0 Å². The molecule has 0 saturated heterocycles. The van der Waals surface area contributed by atoms with Crippen LogP contribution in [-0.4, -0.2) is 6.04 Å². The van der Waals surface area contributed by atoms with Crippen LogP contribution in [0, 0.1) is 0 Å². The Morgan fingerprint density at radius 1 is 1.31 bits per heavy atom. The van der Waals surface area contributed by atoms with Gasteiger partial charge in [0.15, 0.2) is 0 Å². The molecule has 0 saturated carbocycles. The minimum Gasteiger partial charge on any atom is -0.324 e. The van der Waals surface area contributed by atoms with E-state index in [9.17, 15) is 0 Å². The monoisotopic (exact) mass is 175 g/mol. The quantitative estimate of drug-likeness (QED) is 0.698. The summed E-state index contributed by atoms with van der Waals surface area (Å²) in [6.45, 7) is 5.82. The largest absolute Gasteiger partial charge is 0.324 e. The van der Waals surface area contributed by atoms with Crippen molar-refractivity contribution < 1.29 is 0 Å². The first kappa shape index (κ1) is 10.0. The first-order valence-corrected chi connectivity index (χ1v) is 4.72. The van der Waals surface area contributed by atoms with Crippen LogP contribution in [0.1, 0.15) is 18.1 Å². The molecular formula is C12H17N. The van der Waals surface area contributed by atoms with Crippen LogP contribution in [0.15, 0.2) is 36.9 Å². The second kappa shape index (κ2) is 4.83. The van der Waals surface area contributed by atoms with E-state index in [1.54, 1.807) is 6.08 Å². The Morgan fingerprint density at radius 2 is 1.85 bits per heavy atom. The normalized spacial score (nSPS) is 12.5. The Bertz CT molecular complexity index is 261. The second-order valence-corrected chi connectivity index (χ2v) is 3.27. The Labute approximate surface area is 80.3 Å². The average Bonchev–Trinajstić information content (AvgIpc) is 2.19. The molecule has 1 aromatic carbocycles.